The maximum atomic E-state index is 12.5. The van der Waals surface area contributed by atoms with Crippen LogP contribution in [0.15, 0.2) is 36.4 Å². The van der Waals surface area contributed by atoms with Crippen molar-refractivity contribution in [3.8, 4) is 0 Å². The Kier molecular flexibility index (Phi) is 4.31. The number of rotatable bonds is 4. The first-order valence-electron chi connectivity index (χ1n) is 6.67. The first-order chi connectivity index (χ1) is 9.18. The van der Waals surface area contributed by atoms with Crippen LogP contribution in [-0.4, -0.2) is 38.0 Å². The molecule has 0 saturated heterocycles. The standard InChI is InChI=1S/C16H18N2O.ClH/c1-17(2)10-5-11-18-14-9-4-7-12-6-3-8-13(15(12)14)16(18)19;/h3-4,6-9H,5,10-11H2,1-2H3;1H. The molecule has 0 bridgehead atoms. The van der Waals surface area contributed by atoms with Crippen LogP contribution in [0.3, 0.4) is 0 Å². The summed E-state index contributed by atoms with van der Waals surface area (Å²) < 4.78 is 0. The third-order valence-corrected chi connectivity index (χ3v) is 3.64. The van der Waals surface area contributed by atoms with Crippen molar-refractivity contribution in [2.24, 2.45) is 0 Å². The minimum atomic E-state index is 0. The van der Waals surface area contributed by atoms with Crippen molar-refractivity contribution in [1.82, 2.24) is 4.90 Å². The van der Waals surface area contributed by atoms with Crippen LogP contribution < -0.4 is 4.90 Å². The second kappa shape index (κ2) is 5.81. The van der Waals surface area contributed by atoms with Gasteiger partial charge >= 0.3 is 0 Å². The molecule has 0 aliphatic carbocycles. The van der Waals surface area contributed by atoms with Crippen molar-refractivity contribution in [3.63, 3.8) is 0 Å². The van der Waals surface area contributed by atoms with E-state index < -0.39 is 0 Å². The highest BCUT2D eigenvalue weighted by Crippen LogP contribution is 2.36. The molecule has 3 rings (SSSR count). The van der Waals surface area contributed by atoms with Crippen LogP contribution in [-0.2, 0) is 0 Å². The van der Waals surface area contributed by atoms with Crippen LogP contribution in [0, 0.1) is 0 Å². The average Bonchev–Trinajstić information content (AvgIpc) is 2.67. The first-order valence-corrected chi connectivity index (χ1v) is 6.67. The second-order valence-corrected chi connectivity index (χ2v) is 5.29. The van der Waals surface area contributed by atoms with Crippen molar-refractivity contribution in [2.75, 3.05) is 32.1 Å². The molecule has 0 atom stereocenters. The van der Waals surface area contributed by atoms with Gasteiger partial charge in [-0.1, -0.05) is 24.3 Å². The summed E-state index contributed by atoms with van der Waals surface area (Å²) in [6.07, 6.45) is 0.989. The molecule has 0 fully saturated rings. The van der Waals surface area contributed by atoms with E-state index in [0.29, 0.717) is 0 Å². The fourth-order valence-corrected chi connectivity index (χ4v) is 2.75. The maximum absolute atomic E-state index is 12.5. The third-order valence-electron chi connectivity index (χ3n) is 3.64. The predicted octanol–water partition coefficient (Wildman–Crippen LogP) is 3.17. The quantitative estimate of drug-likeness (QED) is 0.863. The highest BCUT2D eigenvalue weighted by Gasteiger charge is 2.28. The first kappa shape index (κ1) is 14.8. The van der Waals surface area contributed by atoms with Crippen LogP contribution in [0.4, 0.5) is 5.69 Å². The molecule has 20 heavy (non-hydrogen) atoms. The highest BCUT2D eigenvalue weighted by atomic mass is 35.5. The number of carbonyl (C=O) groups is 1. The van der Waals surface area contributed by atoms with Gasteiger partial charge in [0.25, 0.3) is 5.91 Å². The molecule has 0 spiro atoms. The van der Waals surface area contributed by atoms with Crippen molar-refractivity contribution < 1.29 is 4.79 Å². The number of hydrogen-bond donors (Lipinski definition) is 0. The normalized spacial score (nSPS) is 13.2. The molecule has 2 aromatic carbocycles. The van der Waals surface area contributed by atoms with Crippen LogP contribution in [0.1, 0.15) is 16.8 Å². The summed E-state index contributed by atoms with van der Waals surface area (Å²) in [5.74, 6) is 0.144. The number of nitrogens with zero attached hydrogens (tertiary/aromatic N) is 2. The van der Waals surface area contributed by atoms with E-state index in [1.54, 1.807) is 0 Å². The van der Waals surface area contributed by atoms with E-state index in [1.165, 1.54) is 0 Å². The summed E-state index contributed by atoms with van der Waals surface area (Å²) in [5, 5.41) is 2.26. The third kappa shape index (κ3) is 2.39. The summed E-state index contributed by atoms with van der Waals surface area (Å²) in [6, 6.07) is 12.1. The van der Waals surface area contributed by atoms with E-state index in [-0.39, 0.29) is 18.3 Å². The molecular weight excluding hydrogens is 272 g/mol. The van der Waals surface area contributed by atoms with E-state index in [9.17, 15) is 4.79 Å². The van der Waals surface area contributed by atoms with E-state index in [4.69, 9.17) is 0 Å². The summed E-state index contributed by atoms with van der Waals surface area (Å²) in [6.45, 7) is 1.78. The van der Waals surface area contributed by atoms with Crippen molar-refractivity contribution in [3.05, 3.63) is 42.0 Å². The lowest BCUT2D eigenvalue weighted by atomic mass is 10.1. The van der Waals surface area contributed by atoms with Gasteiger partial charge in [0.2, 0.25) is 0 Å². The van der Waals surface area contributed by atoms with Gasteiger partial charge in [-0.15, -0.1) is 12.4 Å². The number of amides is 1. The number of halogens is 1. The predicted molar refractivity (Wildman–Crippen MR) is 86.0 cm³/mol. The fourth-order valence-electron chi connectivity index (χ4n) is 2.75. The Morgan fingerprint density at radius 1 is 1.10 bits per heavy atom. The molecule has 1 heterocycles. The Morgan fingerprint density at radius 3 is 2.50 bits per heavy atom. The van der Waals surface area contributed by atoms with Gasteiger partial charge in [-0.25, -0.2) is 0 Å². The molecule has 1 aliphatic rings. The van der Waals surface area contributed by atoms with Gasteiger partial charge in [0, 0.05) is 17.5 Å². The fraction of sp³-hybridized carbons (Fsp3) is 0.312. The Morgan fingerprint density at radius 2 is 1.80 bits per heavy atom. The molecule has 2 aromatic rings. The molecule has 0 saturated carbocycles. The molecular formula is C16H19ClN2O. The number of anilines is 1. The topological polar surface area (TPSA) is 23.6 Å². The minimum absolute atomic E-state index is 0. The van der Waals surface area contributed by atoms with Gasteiger partial charge in [0.1, 0.15) is 0 Å². The van der Waals surface area contributed by atoms with Gasteiger partial charge in [-0.3, -0.25) is 4.79 Å². The van der Waals surface area contributed by atoms with Gasteiger partial charge < -0.3 is 9.80 Å². The number of benzene rings is 2. The van der Waals surface area contributed by atoms with Crippen molar-refractivity contribution >= 4 is 34.8 Å². The Bertz CT molecular complexity index is 634. The number of carbonyl (C=O) groups excluding carboxylic acids is 1. The molecule has 4 heteroatoms. The summed E-state index contributed by atoms with van der Waals surface area (Å²) in [5.41, 5.74) is 1.91. The summed E-state index contributed by atoms with van der Waals surface area (Å²) in [4.78, 5) is 16.5. The monoisotopic (exact) mass is 290 g/mol. The molecule has 3 nitrogen and oxygen atoms in total. The molecule has 0 unspecified atom stereocenters. The molecule has 0 aromatic heterocycles. The molecule has 106 valence electrons. The van der Waals surface area contributed by atoms with E-state index in [0.717, 1.165) is 41.5 Å². The summed E-state index contributed by atoms with van der Waals surface area (Å²) in [7, 11) is 4.11. The zero-order valence-corrected chi connectivity index (χ0v) is 12.6. The van der Waals surface area contributed by atoms with Gasteiger partial charge in [0.05, 0.1) is 5.69 Å². The Labute approximate surface area is 125 Å². The number of hydrogen-bond acceptors (Lipinski definition) is 2. The zero-order chi connectivity index (χ0) is 13.4. The average molecular weight is 291 g/mol. The lowest BCUT2D eigenvalue weighted by Gasteiger charge is -2.19. The smallest absolute Gasteiger partial charge is 0.258 e. The van der Waals surface area contributed by atoms with Gasteiger partial charge in [0.15, 0.2) is 0 Å². The Hall–Kier alpha value is -1.58. The largest absolute Gasteiger partial charge is 0.309 e. The van der Waals surface area contributed by atoms with Crippen LogP contribution >= 0.6 is 12.4 Å². The zero-order valence-electron chi connectivity index (χ0n) is 11.8. The maximum Gasteiger partial charge on any atom is 0.258 e. The molecule has 1 aliphatic heterocycles. The molecule has 1 amide bonds. The molecule has 0 radical (unpaired) electrons. The van der Waals surface area contributed by atoms with E-state index >= 15 is 0 Å². The van der Waals surface area contributed by atoms with Crippen LogP contribution in [0.2, 0.25) is 0 Å². The summed E-state index contributed by atoms with van der Waals surface area (Å²) >= 11 is 0. The second-order valence-electron chi connectivity index (χ2n) is 5.29. The van der Waals surface area contributed by atoms with Crippen molar-refractivity contribution in [1.29, 1.82) is 0 Å². The van der Waals surface area contributed by atoms with Crippen LogP contribution in [0.25, 0.3) is 10.8 Å². The van der Waals surface area contributed by atoms with Crippen molar-refractivity contribution in [2.45, 2.75) is 6.42 Å². The molecule has 0 N–H and O–H groups in total. The Balaban J connectivity index is 0.00000147. The van der Waals surface area contributed by atoms with Gasteiger partial charge in [-0.2, -0.15) is 0 Å². The van der Waals surface area contributed by atoms with E-state index in [1.807, 2.05) is 29.2 Å². The lowest BCUT2D eigenvalue weighted by Crippen LogP contribution is -2.29. The highest BCUT2D eigenvalue weighted by molar-refractivity contribution is 6.24. The van der Waals surface area contributed by atoms with E-state index in [2.05, 4.69) is 31.1 Å². The van der Waals surface area contributed by atoms with Crippen LogP contribution in [0.5, 0.6) is 0 Å². The lowest BCUT2D eigenvalue weighted by molar-refractivity contribution is 0.0992. The minimum Gasteiger partial charge on any atom is -0.309 e. The van der Waals surface area contributed by atoms with Gasteiger partial charge in [-0.05, 0) is 44.6 Å². The SMILES string of the molecule is CN(C)CCCN1C(=O)c2cccc3cccc1c23.Cl.